The van der Waals surface area contributed by atoms with E-state index >= 15 is 0 Å². The minimum atomic E-state index is -1.64. The van der Waals surface area contributed by atoms with Crippen molar-refractivity contribution in [3.63, 3.8) is 0 Å². The Kier molecular flexibility index (Phi) is 13.0. The van der Waals surface area contributed by atoms with Gasteiger partial charge in [-0.3, -0.25) is 19.2 Å². The average Bonchev–Trinajstić information content (AvgIpc) is 3.38. The van der Waals surface area contributed by atoms with E-state index in [1.807, 2.05) is 37.3 Å². The van der Waals surface area contributed by atoms with Gasteiger partial charge < -0.3 is 14.6 Å². The number of benzene rings is 3. The first-order chi connectivity index (χ1) is 23.1. The topological polar surface area (TPSA) is 127 Å². The fourth-order valence-electron chi connectivity index (χ4n) is 5.98. The van der Waals surface area contributed by atoms with Crippen LogP contribution < -0.4 is 0 Å². The van der Waals surface area contributed by atoms with Crippen LogP contribution in [-0.2, 0) is 35.1 Å². The predicted molar refractivity (Wildman–Crippen MR) is 181 cm³/mol. The van der Waals surface area contributed by atoms with Gasteiger partial charge in [-0.2, -0.15) is 0 Å². The van der Waals surface area contributed by atoms with Crippen molar-refractivity contribution in [1.82, 2.24) is 4.90 Å². The molecular formula is C39H43NO8. The Labute approximate surface area is 281 Å². The first kappa shape index (κ1) is 36.0. The normalized spacial score (nSPS) is 17.4. The summed E-state index contributed by atoms with van der Waals surface area (Å²) < 4.78 is 11.3. The first-order valence-electron chi connectivity index (χ1n) is 16.4. The Hall–Kier alpha value is -4.89. The number of aliphatic hydroxyl groups excluding tert-OH is 1. The molecule has 1 saturated heterocycles. The van der Waals surface area contributed by atoms with Gasteiger partial charge in [-0.15, -0.1) is 0 Å². The molecule has 1 aliphatic heterocycles. The lowest BCUT2D eigenvalue weighted by atomic mass is 9.87. The Morgan fingerprint density at radius 3 is 2.23 bits per heavy atom. The summed E-state index contributed by atoms with van der Waals surface area (Å²) in [6.45, 7) is 4.79. The van der Waals surface area contributed by atoms with Crippen molar-refractivity contribution in [2.24, 2.45) is 5.92 Å². The second-order valence-corrected chi connectivity index (χ2v) is 12.1. The van der Waals surface area contributed by atoms with Crippen LogP contribution in [0.5, 0.6) is 0 Å². The molecule has 48 heavy (non-hydrogen) atoms. The van der Waals surface area contributed by atoms with Crippen LogP contribution in [0.3, 0.4) is 0 Å². The molecule has 0 radical (unpaired) electrons. The van der Waals surface area contributed by atoms with Crippen molar-refractivity contribution in [2.45, 2.75) is 77.5 Å². The zero-order chi connectivity index (χ0) is 34.6. The Balaban J connectivity index is 1.73. The Bertz CT molecular complexity index is 1620. The number of Topliss-reactive ketones (excluding diaryl/α,β-unsaturated/α-hetero) is 1. The van der Waals surface area contributed by atoms with Gasteiger partial charge in [-0.05, 0) is 55.9 Å². The van der Waals surface area contributed by atoms with E-state index in [4.69, 9.17) is 14.6 Å². The number of cyclic esters (lactones) is 1. The molecule has 3 aromatic rings. The number of aryl methyl sites for hydroxylation is 1. The van der Waals surface area contributed by atoms with Gasteiger partial charge >= 0.3 is 12.1 Å². The number of nitrogens with zero attached hydrogens (tertiary/aromatic N) is 1. The van der Waals surface area contributed by atoms with Gasteiger partial charge in [-0.1, -0.05) is 103 Å². The van der Waals surface area contributed by atoms with Crippen molar-refractivity contribution in [2.75, 3.05) is 6.61 Å². The molecule has 0 aromatic heterocycles. The molecule has 4 rings (SSSR count). The molecule has 2 amide bonds. The lowest BCUT2D eigenvalue weighted by Gasteiger charge is -2.29. The van der Waals surface area contributed by atoms with E-state index in [1.165, 1.54) is 6.08 Å². The summed E-state index contributed by atoms with van der Waals surface area (Å²) in [4.78, 5) is 69.0. The molecular weight excluding hydrogens is 610 g/mol. The van der Waals surface area contributed by atoms with E-state index in [9.17, 15) is 24.0 Å². The van der Waals surface area contributed by atoms with Crippen LogP contribution in [0.4, 0.5) is 4.79 Å². The first-order valence-corrected chi connectivity index (χ1v) is 16.4. The quantitative estimate of drug-likeness (QED) is 0.108. The summed E-state index contributed by atoms with van der Waals surface area (Å²) >= 11 is 0. The monoisotopic (exact) mass is 653 g/mol. The molecule has 0 spiro atoms. The minimum absolute atomic E-state index is 0.0255. The second-order valence-electron chi connectivity index (χ2n) is 12.1. The van der Waals surface area contributed by atoms with Gasteiger partial charge in [0.25, 0.3) is 0 Å². The molecule has 1 aliphatic rings. The zero-order valence-corrected chi connectivity index (χ0v) is 27.7. The summed E-state index contributed by atoms with van der Waals surface area (Å²) in [6.07, 6.45) is 0.798. The maximum Gasteiger partial charge on any atom is 0.417 e. The van der Waals surface area contributed by atoms with Crippen molar-refractivity contribution < 1.29 is 38.6 Å². The van der Waals surface area contributed by atoms with Crippen LogP contribution in [0, 0.1) is 12.8 Å². The van der Waals surface area contributed by atoms with Crippen LogP contribution in [0.1, 0.15) is 74.3 Å². The number of amides is 2. The maximum absolute atomic E-state index is 14.4. The number of imide groups is 1. The molecule has 252 valence electrons. The number of allylic oxidation sites excluding steroid dienone is 1. The molecule has 1 fully saturated rings. The highest BCUT2D eigenvalue weighted by molar-refractivity contribution is 6.25. The molecule has 0 saturated carbocycles. The highest BCUT2D eigenvalue weighted by Gasteiger charge is 2.48. The molecule has 4 atom stereocenters. The largest absolute Gasteiger partial charge is 0.453 e. The van der Waals surface area contributed by atoms with Crippen LogP contribution >= 0.6 is 0 Å². The van der Waals surface area contributed by atoms with Gasteiger partial charge in [0.2, 0.25) is 5.91 Å². The number of ketones is 2. The minimum Gasteiger partial charge on any atom is -0.453 e. The molecule has 1 N–H and O–H groups in total. The SMILES string of the molecule is CC(=O)O[C@@H](C(=O)C=C(C(=O)CCCCCCO)c1cccc(C)c1)[C@@H](Cc1ccccc1)C(=O)N1C(=O)O[C@@H](c2ccccc2)[C@H]1C. The number of ether oxygens (including phenoxy) is 2. The van der Waals surface area contributed by atoms with Crippen molar-refractivity contribution in [3.05, 3.63) is 113 Å². The third-order valence-corrected chi connectivity index (χ3v) is 8.42. The number of rotatable bonds is 16. The third-order valence-electron chi connectivity index (χ3n) is 8.42. The summed E-state index contributed by atoms with van der Waals surface area (Å²) in [6, 6.07) is 24.5. The van der Waals surface area contributed by atoms with Crippen LogP contribution in [-0.4, -0.2) is 58.3 Å². The zero-order valence-electron chi connectivity index (χ0n) is 27.7. The molecule has 9 nitrogen and oxygen atoms in total. The van der Waals surface area contributed by atoms with E-state index in [2.05, 4.69) is 0 Å². The predicted octanol–water partition coefficient (Wildman–Crippen LogP) is 6.36. The summed E-state index contributed by atoms with van der Waals surface area (Å²) in [7, 11) is 0. The fraction of sp³-hybridized carbons (Fsp3) is 0.359. The van der Waals surface area contributed by atoms with E-state index in [1.54, 1.807) is 61.5 Å². The maximum atomic E-state index is 14.4. The molecule has 3 aromatic carbocycles. The summed E-state index contributed by atoms with van der Waals surface area (Å²) in [5.41, 5.74) is 2.94. The number of esters is 1. The smallest absolute Gasteiger partial charge is 0.417 e. The summed E-state index contributed by atoms with van der Waals surface area (Å²) in [5.74, 6) is -3.84. The highest BCUT2D eigenvalue weighted by atomic mass is 16.6. The van der Waals surface area contributed by atoms with Gasteiger partial charge in [0.05, 0.1) is 12.0 Å². The lowest BCUT2D eigenvalue weighted by Crippen LogP contribution is -2.49. The number of unbranched alkanes of at least 4 members (excludes halogenated alkanes) is 3. The van der Waals surface area contributed by atoms with E-state index in [0.717, 1.165) is 30.2 Å². The number of aliphatic hydroxyl groups is 1. The van der Waals surface area contributed by atoms with Crippen molar-refractivity contribution >= 4 is 35.1 Å². The molecule has 0 bridgehead atoms. The van der Waals surface area contributed by atoms with E-state index in [-0.39, 0.29) is 30.8 Å². The van der Waals surface area contributed by atoms with E-state index in [0.29, 0.717) is 29.5 Å². The standard InChI is InChI=1S/C39H43NO8/c1-26-15-14-20-31(23-26)32(34(43)21-12-4-5-13-22-41)25-35(44)37(47-28(3)42)33(24-29-16-8-6-9-17-29)38(45)40-27(2)36(48-39(40)46)30-18-10-7-11-19-30/h6-11,14-20,23,25,27,33,36-37,41H,4-5,12-13,21-22,24H2,1-3H3/t27-,33-,36-,37-/m1/s1. The Morgan fingerprint density at radius 2 is 1.58 bits per heavy atom. The third kappa shape index (κ3) is 9.35. The number of carbonyl (C=O) groups excluding carboxylic acids is 5. The van der Waals surface area contributed by atoms with Crippen LogP contribution in [0.15, 0.2) is 91.0 Å². The van der Waals surface area contributed by atoms with Gasteiger partial charge in [-0.25, -0.2) is 9.69 Å². The average molecular weight is 654 g/mol. The van der Waals surface area contributed by atoms with Crippen molar-refractivity contribution in [1.29, 1.82) is 0 Å². The van der Waals surface area contributed by atoms with Gasteiger partial charge in [0.15, 0.2) is 17.7 Å². The number of hydrogen-bond donors (Lipinski definition) is 1. The van der Waals surface area contributed by atoms with Crippen LogP contribution in [0.2, 0.25) is 0 Å². The number of carbonyl (C=O) groups is 5. The van der Waals surface area contributed by atoms with Gasteiger partial charge in [0.1, 0.15) is 6.10 Å². The molecule has 0 unspecified atom stereocenters. The molecule has 1 heterocycles. The molecule has 9 heteroatoms. The van der Waals surface area contributed by atoms with Crippen LogP contribution in [0.25, 0.3) is 5.57 Å². The lowest BCUT2D eigenvalue weighted by molar-refractivity contribution is -0.158. The fourth-order valence-corrected chi connectivity index (χ4v) is 5.98. The summed E-state index contributed by atoms with van der Waals surface area (Å²) in [5, 5.41) is 9.09. The van der Waals surface area contributed by atoms with E-state index < -0.39 is 47.9 Å². The second kappa shape index (κ2) is 17.3. The van der Waals surface area contributed by atoms with Crippen molar-refractivity contribution in [3.8, 4) is 0 Å². The number of hydrogen-bond acceptors (Lipinski definition) is 8. The van der Waals surface area contributed by atoms with Gasteiger partial charge in [0, 0.05) is 25.5 Å². The molecule has 0 aliphatic carbocycles. The Morgan fingerprint density at radius 1 is 0.917 bits per heavy atom. The highest BCUT2D eigenvalue weighted by Crippen LogP contribution is 2.35.